The van der Waals surface area contributed by atoms with Crippen LogP contribution in [0.15, 0.2) is 24.5 Å². The summed E-state index contributed by atoms with van der Waals surface area (Å²) in [5, 5.41) is 16.4. The van der Waals surface area contributed by atoms with Crippen LogP contribution >= 0.6 is 11.6 Å². The van der Waals surface area contributed by atoms with Crippen LogP contribution in [0.4, 0.5) is 17.1 Å². The van der Waals surface area contributed by atoms with Crippen LogP contribution in [0.25, 0.3) is 0 Å². The number of nitrogens with one attached hydrogen (secondary N) is 2. The van der Waals surface area contributed by atoms with Gasteiger partial charge in [0.25, 0.3) is 0 Å². The fourth-order valence-electron chi connectivity index (χ4n) is 4.78. The van der Waals surface area contributed by atoms with Gasteiger partial charge in [-0.3, -0.25) is 4.68 Å². The van der Waals surface area contributed by atoms with Gasteiger partial charge in [-0.25, -0.2) is 0 Å². The molecule has 6 nitrogen and oxygen atoms in total. The molecule has 0 radical (unpaired) electrons. The minimum absolute atomic E-state index is 0.560. The zero-order valence-corrected chi connectivity index (χ0v) is 17.0. The topological polar surface area (TPSA) is 60.2 Å². The van der Waals surface area contributed by atoms with Gasteiger partial charge < -0.3 is 20.5 Å². The molecule has 3 fully saturated rings. The average molecular weight is 399 g/mol. The number of likely N-dealkylation sites (tertiary alicyclic amines) is 1. The number of fused-ring (bicyclic) bond motifs is 1. The molecule has 3 aliphatic rings. The van der Waals surface area contributed by atoms with E-state index >= 15 is 0 Å². The molecule has 1 aliphatic carbocycles. The number of rotatable bonds is 5. The molecule has 2 N–H and O–H groups in total. The normalized spacial score (nSPS) is 25.0. The molecule has 5 rings (SSSR count). The Morgan fingerprint density at radius 2 is 2.07 bits per heavy atom. The van der Waals surface area contributed by atoms with Gasteiger partial charge >= 0.3 is 0 Å². The minimum atomic E-state index is 0.560. The Morgan fingerprint density at radius 1 is 1.21 bits per heavy atom. The van der Waals surface area contributed by atoms with Crippen molar-refractivity contribution in [2.24, 2.45) is 5.92 Å². The molecule has 0 amide bonds. The van der Waals surface area contributed by atoms with Crippen molar-refractivity contribution in [3.05, 3.63) is 35.1 Å². The van der Waals surface area contributed by atoms with Crippen molar-refractivity contribution in [2.45, 2.75) is 37.8 Å². The van der Waals surface area contributed by atoms with Crippen molar-refractivity contribution in [3.8, 4) is 0 Å². The van der Waals surface area contributed by atoms with E-state index in [9.17, 15) is 0 Å². The standard InChI is InChI=1S/C21H27ClN6/c1-26-6-4-14-12-27(7-5-20(14)26)21-9-19(15(10-23)8-18(21)22)25-16-11-24-28(13-16)17-2-3-17/h8-11,13-14,17,20,23,25H,2-7,12H2,1H3. The third-order valence-corrected chi connectivity index (χ3v) is 6.83. The van der Waals surface area contributed by atoms with E-state index in [0.29, 0.717) is 18.0 Å². The zero-order valence-electron chi connectivity index (χ0n) is 16.2. The number of hydrogen-bond acceptors (Lipinski definition) is 5. The maximum atomic E-state index is 7.80. The van der Waals surface area contributed by atoms with Crippen LogP contribution in [0.1, 0.15) is 37.3 Å². The first kappa shape index (κ1) is 18.0. The lowest BCUT2D eigenvalue weighted by molar-refractivity contribution is 0.239. The Hall–Kier alpha value is -2.05. The third-order valence-electron chi connectivity index (χ3n) is 6.53. The number of benzene rings is 1. The first-order valence-electron chi connectivity index (χ1n) is 10.2. The predicted molar refractivity (Wildman–Crippen MR) is 114 cm³/mol. The fourth-order valence-corrected chi connectivity index (χ4v) is 5.07. The molecule has 2 unspecified atom stereocenters. The summed E-state index contributed by atoms with van der Waals surface area (Å²) >= 11 is 6.64. The number of hydrogen-bond donors (Lipinski definition) is 2. The Morgan fingerprint density at radius 3 is 2.86 bits per heavy atom. The van der Waals surface area contributed by atoms with Crippen LogP contribution in [0, 0.1) is 11.3 Å². The second-order valence-electron chi connectivity index (χ2n) is 8.43. The van der Waals surface area contributed by atoms with E-state index in [4.69, 9.17) is 17.0 Å². The van der Waals surface area contributed by atoms with Crippen LogP contribution < -0.4 is 10.2 Å². The quantitative estimate of drug-likeness (QED) is 0.743. The van der Waals surface area contributed by atoms with Crippen LogP contribution in [0.5, 0.6) is 0 Å². The molecule has 2 saturated heterocycles. The van der Waals surface area contributed by atoms with Gasteiger partial charge in [-0.05, 0) is 57.3 Å². The Labute approximate surface area is 171 Å². The average Bonchev–Trinajstić information content (AvgIpc) is 3.35. The summed E-state index contributed by atoms with van der Waals surface area (Å²) in [6.07, 6.45) is 10.1. The van der Waals surface area contributed by atoms with Crippen molar-refractivity contribution in [1.29, 1.82) is 5.41 Å². The highest BCUT2D eigenvalue weighted by Crippen LogP contribution is 2.39. The maximum absolute atomic E-state index is 7.80. The van der Waals surface area contributed by atoms with E-state index in [1.165, 1.54) is 38.4 Å². The van der Waals surface area contributed by atoms with Gasteiger partial charge in [0.2, 0.25) is 0 Å². The molecule has 2 aliphatic heterocycles. The van der Waals surface area contributed by atoms with E-state index in [-0.39, 0.29) is 0 Å². The van der Waals surface area contributed by atoms with E-state index in [1.807, 2.05) is 16.9 Å². The highest BCUT2D eigenvalue weighted by Gasteiger charge is 2.36. The van der Waals surface area contributed by atoms with E-state index in [0.717, 1.165) is 40.7 Å². The molecule has 0 spiro atoms. The summed E-state index contributed by atoms with van der Waals surface area (Å²) in [6, 6.07) is 5.28. The van der Waals surface area contributed by atoms with Gasteiger partial charge in [0.15, 0.2) is 0 Å². The molecular formula is C21H27ClN6. The second kappa shape index (κ2) is 7.08. The number of nitrogens with zero attached hydrogens (tertiary/aromatic N) is 4. The monoisotopic (exact) mass is 398 g/mol. The number of halogens is 1. The minimum Gasteiger partial charge on any atom is -0.370 e. The molecule has 7 heteroatoms. The smallest absolute Gasteiger partial charge is 0.0770 e. The Balaban J connectivity index is 1.40. The summed E-state index contributed by atoms with van der Waals surface area (Å²) in [4.78, 5) is 4.93. The first-order chi connectivity index (χ1) is 13.6. The molecule has 2 atom stereocenters. The molecule has 2 aromatic rings. The maximum Gasteiger partial charge on any atom is 0.0770 e. The Bertz CT molecular complexity index is 889. The summed E-state index contributed by atoms with van der Waals surface area (Å²) in [7, 11) is 2.25. The number of aromatic nitrogens is 2. The molecule has 1 aromatic heterocycles. The third kappa shape index (κ3) is 3.29. The largest absolute Gasteiger partial charge is 0.370 e. The van der Waals surface area contributed by atoms with Gasteiger partial charge in [-0.2, -0.15) is 5.10 Å². The van der Waals surface area contributed by atoms with Crippen molar-refractivity contribution in [2.75, 3.05) is 36.9 Å². The van der Waals surface area contributed by atoms with Crippen LogP contribution in [-0.4, -0.2) is 53.6 Å². The van der Waals surface area contributed by atoms with Gasteiger partial charge in [0.05, 0.1) is 28.6 Å². The van der Waals surface area contributed by atoms with Gasteiger partial charge in [0.1, 0.15) is 0 Å². The lowest BCUT2D eigenvalue weighted by Crippen LogP contribution is -2.45. The van der Waals surface area contributed by atoms with Crippen molar-refractivity contribution in [3.63, 3.8) is 0 Å². The SMILES string of the molecule is CN1CCC2CN(c3cc(Nc4cnn(C5CC5)c4)c(C=N)cc3Cl)CCC21. The summed E-state index contributed by atoms with van der Waals surface area (Å²) in [6.45, 7) is 3.27. The molecule has 0 bridgehead atoms. The van der Waals surface area contributed by atoms with Gasteiger partial charge in [-0.15, -0.1) is 0 Å². The highest BCUT2D eigenvalue weighted by molar-refractivity contribution is 6.33. The lowest BCUT2D eigenvalue weighted by atomic mass is 9.92. The zero-order chi connectivity index (χ0) is 19.3. The molecule has 28 heavy (non-hydrogen) atoms. The molecule has 3 heterocycles. The predicted octanol–water partition coefficient (Wildman–Crippen LogP) is 4.14. The summed E-state index contributed by atoms with van der Waals surface area (Å²) in [5.74, 6) is 0.713. The first-order valence-corrected chi connectivity index (χ1v) is 10.6. The van der Waals surface area contributed by atoms with Crippen molar-refractivity contribution < 1.29 is 0 Å². The molecule has 1 aromatic carbocycles. The van der Waals surface area contributed by atoms with E-state index in [2.05, 4.69) is 39.5 Å². The number of piperidine rings is 1. The van der Waals surface area contributed by atoms with Crippen molar-refractivity contribution in [1.82, 2.24) is 14.7 Å². The Kier molecular flexibility index (Phi) is 4.56. The van der Waals surface area contributed by atoms with Crippen molar-refractivity contribution >= 4 is 34.9 Å². The van der Waals surface area contributed by atoms with E-state index < -0.39 is 0 Å². The molecule has 1 saturated carbocycles. The number of anilines is 3. The van der Waals surface area contributed by atoms with Gasteiger partial charge in [-0.1, -0.05) is 11.6 Å². The second-order valence-corrected chi connectivity index (χ2v) is 8.84. The van der Waals surface area contributed by atoms with Crippen LogP contribution in [0.2, 0.25) is 5.02 Å². The summed E-state index contributed by atoms with van der Waals surface area (Å²) < 4.78 is 2.03. The fraction of sp³-hybridized carbons (Fsp3) is 0.524. The van der Waals surface area contributed by atoms with E-state index in [1.54, 1.807) is 0 Å². The summed E-state index contributed by atoms with van der Waals surface area (Å²) in [5.41, 5.74) is 3.73. The molecule has 148 valence electrons. The van der Waals surface area contributed by atoms with Crippen LogP contribution in [0.3, 0.4) is 0 Å². The highest BCUT2D eigenvalue weighted by atomic mass is 35.5. The van der Waals surface area contributed by atoms with Crippen LogP contribution in [-0.2, 0) is 0 Å². The molecular weight excluding hydrogens is 372 g/mol. The lowest BCUT2D eigenvalue weighted by Gasteiger charge is -2.39. The van der Waals surface area contributed by atoms with Gasteiger partial charge in [0, 0.05) is 42.8 Å².